The Hall–Kier alpha value is -1.22. The monoisotopic (exact) mass is 290 g/mol. The van der Waals surface area contributed by atoms with E-state index >= 15 is 0 Å². The molecule has 20 heavy (non-hydrogen) atoms. The molecule has 0 aromatic rings. The van der Waals surface area contributed by atoms with Gasteiger partial charge >= 0.3 is 11.9 Å². The van der Waals surface area contributed by atoms with E-state index in [9.17, 15) is 19.8 Å². The van der Waals surface area contributed by atoms with E-state index in [1.807, 2.05) is 0 Å². The first-order valence-electron chi connectivity index (χ1n) is 6.26. The molecule has 0 spiro atoms. The predicted molar refractivity (Wildman–Crippen MR) is 62.1 cm³/mol. The fraction of sp³-hybridized carbons (Fsp3) is 0.833. The smallest absolute Gasteiger partial charge is 0.308 e. The molecule has 114 valence electrons. The molecular formula is C12H18O8. The number of carbonyl (C=O) groups excluding carboxylic acids is 2. The van der Waals surface area contributed by atoms with Crippen LogP contribution in [0.4, 0.5) is 0 Å². The molecule has 0 amide bonds. The summed E-state index contributed by atoms with van der Waals surface area (Å²) < 4.78 is 9.09. The molecule has 0 aromatic heterocycles. The van der Waals surface area contributed by atoms with Gasteiger partial charge in [-0.05, 0) is 12.8 Å². The Balaban J connectivity index is 2.17. The number of ether oxygens (including phenoxy) is 2. The SMILES string of the molecule is COC(=O)C[C@]12CC[C@](CC(=O)OC)(OO1)[C@@H](O)[C@H]2O. The molecule has 1 aliphatic carbocycles. The molecule has 8 heteroatoms. The lowest BCUT2D eigenvalue weighted by molar-refractivity contribution is -0.503. The second-order valence-corrected chi connectivity index (χ2v) is 5.19. The van der Waals surface area contributed by atoms with E-state index in [1.54, 1.807) is 0 Å². The van der Waals surface area contributed by atoms with E-state index in [1.165, 1.54) is 14.2 Å². The van der Waals surface area contributed by atoms with Crippen LogP contribution in [0.3, 0.4) is 0 Å². The highest BCUT2D eigenvalue weighted by Crippen LogP contribution is 2.49. The third-order valence-electron chi connectivity index (χ3n) is 4.06. The van der Waals surface area contributed by atoms with Gasteiger partial charge < -0.3 is 19.7 Å². The number of methoxy groups -OCH3 is 2. The maximum Gasteiger partial charge on any atom is 0.308 e. The van der Waals surface area contributed by atoms with Crippen LogP contribution >= 0.6 is 0 Å². The van der Waals surface area contributed by atoms with E-state index in [0.717, 1.165) is 0 Å². The number of fused-ring (bicyclic) bond motifs is 3. The molecule has 8 nitrogen and oxygen atoms in total. The third kappa shape index (κ3) is 2.28. The summed E-state index contributed by atoms with van der Waals surface area (Å²) in [6, 6.07) is 0. The predicted octanol–water partition coefficient (Wildman–Crippen LogP) is -0.932. The Morgan fingerprint density at radius 2 is 1.35 bits per heavy atom. The van der Waals surface area contributed by atoms with Crippen LogP contribution in [0.1, 0.15) is 25.7 Å². The molecule has 2 heterocycles. The van der Waals surface area contributed by atoms with Crippen molar-refractivity contribution >= 4 is 11.9 Å². The van der Waals surface area contributed by atoms with Gasteiger partial charge in [-0.2, -0.15) is 0 Å². The van der Waals surface area contributed by atoms with Gasteiger partial charge in [0.05, 0.1) is 27.1 Å². The van der Waals surface area contributed by atoms with Crippen molar-refractivity contribution in [2.75, 3.05) is 14.2 Å². The minimum Gasteiger partial charge on any atom is -0.469 e. The number of hydrogen-bond acceptors (Lipinski definition) is 8. The number of aliphatic hydroxyl groups excluding tert-OH is 2. The van der Waals surface area contributed by atoms with Crippen molar-refractivity contribution in [1.82, 2.24) is 0 Å². The van der Waals surface area contributed by atoms with E-state index in [0.29, 0.717) is 0 Å². The second-order valence-electron chi connectivity index (χ2n) is 5.19. The molecule has 0 radical (unpaired) electrons. The summed E-state index contributed by atoms with van der Waals surface area (Å²) in [5.74, 6) is -1.16. The molecule has 2 bridgehead atoms. The minimum absolute atomic E-state index is 0.240. The normalized spacial score (nSPS) is 39.4. The standard InChI is InChI=1S/C12H18O8/c1-17-7(13)5-11-3-4-12(20-19-11,6-8(14)18-2)10(16)9(11)15/h9-10,15-16H,3-6H2,1-2H3/t9-,10+,11+,12-. The van der Waals surface area contributed by atoms with Gasteiger partial charge in [-0.15, -0.1) is 0 Å². The Bertz CT molecular complexity index is 360. The average Bonchev–Trinajstić information content (AvgIpc) is 2.46. The highest BCUT2D eigenvalue weighted by molar-refractivity contribution is 5.72. The van der Waals surface area contributed by atoms with Gasteiger partial charge in [0.2, 0.25) is 0 Å². The molecule has 4 atom stereocenters. The lowest BCUT2D eigenvalue weighted by atomic mass is 9.68. The molecule has 3 rings (SSSR count). The van der Waals surface area contributed by atoms with Crippen molar-refractivity contribution in [2.24, 2.45) is 0 Å². The first-order chi connectivity index (χ1) is 9.39. The van der Waals surface area contributed by atoms with Crippen LogP contribution < -0.4 is 0 Å². The van der Waals surface area contributed by atoms with Gasteiger partial charge in [-0.3, -0.25) is 9.59 Å². The number of aliphatic hydroxyl groups is 2. The summed E-state index contributed by atoms with van der Waals surface area (Å²) in [6.07, 6.45) is -2.66. The van der Waals surface area contributed by atoms with Crippen LogP contribution in [-0.4, -0.2) is 59.8 Å². The van der Waals surface area contributed by atoms with Crippen molar-refractivity contribution in [1.29, 1.82) is 0 Å². The van der Waals surface area contributed by atoms with Gasteiger partial charge in [0.15, 0.2) is 0 Å². The molecule has 1 saturated carbocycles. The second kappa shape index (κ2) is 5.28. The largest absolute Gasteiger partial charge is 0.469 e. The zero-order chi connectivity index (χ0) is 15.0. The van der Waals surface area contributed by atoms with E-state index in [2.05, 4.69) is 9.47 Å². The summed E-state index contributed by atoms with van der Waals surface area (Å²) in [6.45, 7) is 0. The highest BCUT2D eigenvalue weighted by atomic mass is 17.2. The van der Waals surface area contributed by atoms with Crippen molar-refractivity contribution in [3.8, 4) is 0 Å². The fourth-order valence-corrected chi connectivity index (χ4v) is 2.72. The summed E-state index contributed by atoms with van der Waals surface area (Å²) in [4.78, 5) is 33.1. The van der Waals surface area contributed by atoms with Gasteiger partial charge in [0.25, 0.3) is 0 Å². The van der Waals surface area contributed by atoms with Gasteiger partial charge in [-0.25, -0.2) is 9.78 Å². The maximum absolute atomic E-state index is 11.4. The zero-order valence-electron chi connectivity index (χ0n) is 11.3. The van der Waals surface area contributed by atoms with Crippen LogP contribution in [0.25, 0.3) is 0 Å². The summed E-state index contributed by atoms with van der Waals surface area (Å²) in [7, 11) is 2.44. The average molecular weight is 290 g/mol. The molecule has 3 fully saturated rings. The van der Waals surface area contributed by atoms with Crippen LogP contribution in [0, 0.1) is 0 Å². The van der Waals surface area contributed by atoms with Crippen LogP contribution in [-0.2, 0) is 28.8 Å². The van der Waals surface area contributed by atoms with E-state index in [4.69, 9.17) is 9.78 Å². The van der Waals surface area contributed by atoms with E-state index < -0.39 is 35.3 Å². The molecule has 0 unspecified atom stereocenters. The summed E-state index contributed by atoms with van der Waals surface area (Å²) in [5, 5.41) is 20.4. The number of hydrogen-bond donors (Lipinski definition) is 2. The quantitative estimate of drug-likeness (QED) is 0.504. The third-order valence-corrected chi connectivity index (χ3v) is 4.06. The summed E-state index contributed by atoms with van der Waals surface area (Å²) >= 11 is 0. The van der Waals surface area contributed by atoms with Gasteiger partial charge in [0.1, 0.15) is 23.4 Å². The minimum atomic E-state index is -1.35. The van der Waals surface area contributed by atoms with E-state index in [-0.39, 0.29) is 25.7 Å². The Morgan fingerprint density at radius 3 is 1.60 bits per heavy atom. The Labute approximate surface area is 115 Å². The number of carbonyl (C=O) groups is 2. The van der Waals surface area contributed by atoms with Crippen molar-refractivity contribution in [3.05, 3.63) is 0 Å². The molecule has 0 aromatic carbocycles. The van der Waals surface area contributed by atoms with Crippen molar-refractivity contribution < 1.29 is 39.1 Å². The van der Waals surface area contributed by atoms with Gasteiger partial charge in [0, 0.05) is 0 Å². The Morgan fingerprint density at radius 1 is 1.00 bits per heavy atom. The molecule has 3 aliphatic rings. The fourth-order valence-electron chi connectivity index (χ4n) is 2.72. The Kier molecular flexibility index (Phi) is 4.01. The van der Waals surface area contributed by atoms with Crippen LogP contribution in [0.15, 0.2) is 0 Å². The lowest BCUT2D eigenvalue weighted by Gasteiger charge is -2.55. The molecule has 2 saturated heterocycles. The number of rotatable bonds is 4. The lowest BCUT2D eigenvalue weighted by Crippen LogP contribution is -2.71. The summed E-state index contributed by atoms with van der Waals surface area (Å²) in [5.41, 5.74) is -2.69. The van der Waals surface area contributed by atoms with Crippen LogP contribution in [0.5, 0.6) is 0 Å². The molecule has 2 N–H and O–H groups in total. The van der Waals surface area contributed by atoms with Crippen molar-refractivity contribution in [2.45, 2.75) is 49.1 Å². The highest BCUT2D eigenvalue weighted by Gasteiger charge is 2.64. The maximum atomic E-state index is 11.4. The number of esters is 2. The first-order valence-corrected chi connectivity index (χ1v) is 6.26. The molecular weight excluding hydrogens is 272 g/mol. The van der Waals surface area contributed by atoms with Crippen LogP contribution in [0.2, 0.25) is 0 Å². The zero-order valence-corrected chi connectivity index (χ0v) is 11.3. The van der Waals surface area contributed by atoms with Crippen molar-refractivity contribution in [3.63, 3.8) is 0 Å². The van der Waals surface area contributed by atoms with Gasteiger partial charge in [-0.1, -0.05) is 0 Å². The topological polar surface area (TPSA) is 112 Å². The first kappa shape index (κ1) is 15.2. The molecule has 2 aliphatic heterocycles.